The third-order valence-corrected chi connectivity index (χ3v) is 7.44. The molecule has 154 valence electrons. The van der Waals surface area contributed by atoms with E-state index >= 15 is 0 Å². The van der Waals surface area contributed by atoms with Crippen molar-refractivity contribution in [2.45, 2.75) is 43.4 Å². The summed E-state index contributed by atoms with van der Waals surface area (Å²) in [7, 11) is -3.67. The van der Waals surface area contributed by atoms with E-state index in [4.69, 9.17) is 0 Å². The van der Waals surface area contributed by atoms with Crippen molar-refractivity contribution in [3.05, 3.63) is 30.3 Å². The monoisotopic (exact) mass is 407 g/mol. The van der Waals surface area contributed by atoms with Crippen LogP contribution in [0.4, 0.5) is 0 Å². The van der Waals surface area contributed by atoms with Crippen LogP contribution >= 0.6 is 0 Å². The number of nitrogens with one attached hydrogen (secondary N) is 1. The molecular formula is C20H29N3O4S. The summed E-state index contributed by atoms with van der Waals surface area (Å²) in [4.78, 5) is 27.0. The van der Waals surface area contributed by atoms with Crippen LogP contribution in [0.3, 0.4) is 0 Å². The maximum absolute atomic E-state index is 13.0. The molecule has 0 unspecified atom stereocenters. The predicted octanol–water partition coefficient (Wildman–Crippen LogP) is 1.61. The molecule has 0 aromatic heterocycles. The zero-order valence-electron chi connectivity index (χ0n) is 16.2. The molecule has 2 fully saturated rings. The Hall–Kier alpha value is -1.93. The summed E-state index contributed by atoms with van der Waals surface area (Å²) in [6, 6.07) is 8.28. The van der Waals surface area contributed by atoms with Crippen LogP contribution in [-0.2, 0) is 19.6 Å². The summed E-state index contributed by atoms with van der Waals surface area (Å²) in [6.45, 7) is 1.82. The lowest BCUT2D eigenvalue weighted by molar-refractivity contribution is -0.135. The van der Waals surface area contributed by atoms with Gasteiger partial charge in [-0.05, 0) is 31.4 Å². The molecule has 1 aliphatic heterocycles. The van der Waals surface area contributed by atoms with Crippen molar-refractivity contribution in [1.82, 2.24) is 14.5 Å². The van der Waals surface area contributed by atoms with Gasteiger partial charge in [0.25, 0.3) is 0 Å². The Kier molecular flexibility index (Phi) is 7.07. The topological polar surface area (TPSA) is 86.8 Å². The summed E-state index contributed by atoms with van der Waals surface area (Å²) in [6.07, 6.45) is 4.70. The average Bonchev–Trinajstić information content (AvgIpc) is 3.22. The zero-order chi connectivity index (χ0) is 20.0. The second-order valence-electron chi connectivity index (χ2n) is 7.48. The van der Waals surface area contributed by atoms with E-state index in [2.05, 4.69) is 5.32 Å². The summed E-state index contributed by atoms with van der Waals surface area (Å²) in [5, 5.41) is 2.81. The number of sulfonamides is 1. The minimum absolute atomic E-state index is 0.0741. The van der Waals surface area contributed by atoms with Gasteiger partial charge in [0.1, 0.15) is 0 Å². The number of carbonyl (C=O) groups excluding carboxylic acids is 2. The minimum Gasteiger partial charge on any atom is -0.354 e. The first-order valence-electron chi connectivity index (χ1n) is 10.1. The van der Waals surface area contributed by atoms with Gasteiger partial charge in [0.2, 0.25) is 21.8 Å². The van der Waals surface area contributed by atoms with Crippen molar-refractivity contribution in [1.29, 1.82) is 0 Å². The molecule has 0 atom stereocenters. The van der Waals surface area contributed by atoms with Gasteiger partial charge in [-0.25, -0.2) is 8.42 Å². The second kappa shape index (κ2) is 9.52. The number of hydrogen-bond acceptors (Lipinski definition) is 4. The number of amides is 2. The Balaban J connectivity index is 1.73. The molecule has 7 nitrogen and oxygen atoms in total. The fourth-order valence-electron chi connectivity index (χ4n) is 3.94. The molecule has 1 aromatic rings. The highest BCUT2D eigenvalue weighted by Gasteiger charge is 2.29. The largest absolute Gasteiger partial charge is 0.354 e. The lowest BCUT2D eigenvalue weighted by Crippen LogP contribution is -2.41. The number of carbonyl (C=O) groups is 2. The van der Waals surface area contributed by atoms with Gasteiger partial charge in [-0.15, -0.1) is 0 Å². The maximum atomic E-state index is 13.0. The molecule has 0 radical (unpaired) electrons. The van der Waals surface area contributed by atoms with E-state index < -0.39 is 10.0 Å². The van der Waals surface area contributed by atoms with E-state index in [-0.39, 0.29) is 35.6 Å². The second-order valence-corrected chi connectivity index (χ2v) is 9.42. The number of hydrogen-bond donors (Lipinski definition) is 1. The number of nitrogens with zero attached hydrogens (tertiary/aromatic N) is 2. The van der Waals surface area contributed by atoms with Crippen molar-refractivity contribution in [3.63, 3.8) is 0 Å². The maximum Gasteiger partial charge on any atom is 0.243 e. The highest BCUT2D eigenvalue weighted by Crippen LogP contribution is 2.26. The van der Waals surface area contributed by atoms with E-state index in [9.17, 15) is 18.0 Å². The van der Waals surface area contributed by atoms with Gasteiger partial charge < -0.3 is 10.2 Å². The molecule has 8 heteroatoms. The van der Waals surface area contributed by atoms with Gasteiger partial charge in [-0.2, -0.15) is 4.31 Å². The van der Waals surface area contributed by atoms with Gasteiger partial charge in [-0.3, -0.25) is 9.59 Å². The number of rotatable bonds is 3. The van der Waals surface area contributed by atoms with Crippen molar-refractivity contribution >= 4 is 21.8 Å². The van der Waals surface area contributed by atoms with Crippen molar-refractivity contribution in [3.8, 4) is 0 Å². The van der Waals surface area contributed by atoms with Crippen molar-refractivity contribution in [2.75, 3.05) is 32.7 Å². The third-order valence-electron chi connectivity index (χ3n) is 5.52. The van der Waals surface area contributed by atoms with Gasteiger partial charge in [0, 0.05) is 45.1 Å². The minimum atomic E-state index is -3.67. The smallest absolute Gasteiger partial charge is 0.243 e. The normalized spacial score (nSPS) is 21.1. The summed E-state index contributed by atoms with van der Waals surface area (Å²) in [5.41, 5.74) is 0. The van der Waals surface area contributed by atoms with Crippen LogP contribution in [0.5, 0.6) is 0 Å². The highest BCUT2D eigenvalue weighted by atomic mass is 32.2. The van der Waals surface area contributed by atoms with Gasteiger partial charge in [0.15, 0.2) is 0 Å². The zero-order valence-corrected chi connectivity index (χ0v) is 17.0. The SMILES string of the molecule is O=C1CCN(S(=O)(=O)c2ccccc2)CCCN(C(=O)C2CCCC2)CCN1. The van der Waals surface area contributed by atoms with Gasteiger partial charge in [0.05, 0.1) is 4.90 Å². The van der Waals surface area contributed by atoms with Crippen molar-refractivity contribution < 1.29 is 18.0 Å². The van der Waals surface area contributed by atoms with Gasteiger partial charge >= 0.3 is 0 Å². The molecule has 0 bridgehead atoms. The first-order chi connectivity index (χ1) is 13.5. The summed E-state index contributed by atoms with van der Waals surface area (Å²) in [5.74, 6) is 0.0249. The van der Waals surface area contributed by atoms with Crippen LogP contribution in [-0.4, -0.2) is 62.2 Å². The standard InChI is InChI=1S/C20H29N3O4S/c24-19-11-15-23(28(26,27)18-9-2-1-3-10-18)14-6-13-22(16-12-21-19)20(25)17-7-4-5-8-17/h1-3,9-10,17H,4-8,11-16H2,(H,21,24). The average molecular weight is 408 g/mol. The molecule has 1 aromatic carbocycles. The molecule has 1 N–H and O–H groups in total. The fourth-order valence-corrected chi connectivity index (χ4v) is 5.44. The molecule has 0 spiro atoms. The van der Waals surface area contributed by atoms with Crippen LogP contribution in [0.2, 0.25) is 0 Å². The first kappa shape index (κ1) is 20.8. The molecule has 1 aliphatic carbocycles. The van der Waals surface area contributed by atoms with Crippen LogP contribution in [0.25, 0.3) is 0 Å². The molecule has 2 amide bonds. The Labute approximate surface area is 167 Å². The Bertz CT molecular complexity index is 776. The van der Waals surface area contributed by atoms with Crippen LogP contribution in [0, 0.1) is 5.92 Å². The lowest BCUT2D eigenvalue weighted by atomic mass is 10.1. The van der Waals surface area contributed by atoms with Crippen LogP contribution in [0.15, 0.2) is 35.2 Å². The molecular weight excluding hydrogens is 378 g/mol. The van der Waals surface area contributed by atoms with E-state index in [1.807, 2.05) is 0 Å². The molecule has 1 saturated carbocycles. The van der Waals surface area contributed by atoms with E-state index in [1.54, 1.807) is 35.2 Å². The van der Waals surface area contributed by atoms with Gasteiger partial charge in [-0.1, -0.05) is 31.0 Å². The van der Waals surface area contributed by atoms with Crippen LogP contribution in [0.1, 0.15) is 38.5 Å². The summed E-state index contributed by atoms with van der Waals surface area (Å²) >= 11 is 0. The molecule has 1 saturated heterocycles. The molecule has 1 heterocycles. The molecule has 28 heavy (non-hydrogen) atoms. The Morgan fingerprint density at radius 3 is 2.39 bits per heavy atom. The molecule has 2 aliphatic rings. The molecule has 3 rings (SSSR count). The van der Waals surface area contributed by atoms with E-state index in [0.29, 0.717) is 32.6 Å². The Morgan fingerprint density at radius 2 is 1.68 bits per heavy atom. The third kappa shape index (κ3) is 5.11. The summed E-state index contributed by atoms with van der Waals surface area (Å²) < 4.78 is 27.3. The van der Waals surface area contributed by atoms with Crippen molar-refractivity contribution in [2.24, 2.45) is 5.92 Å². The quantitative estimate of drug-likeness (QED) is 0.825. The lowest BCUT2D eigenvalue weighted by Gasteiger charge is -2.26. The fraction of sp³-hybridized carbons (Fsp3) is 0.600. The highest BCUT2D eigenvalue weighted by molar-refractivity contribution is 7.89. The van der Waals surface area contributed by atoms with E-state index in [1.165, 1.54) is 4.31 Å². The Morgan fingerprint density at radius 1 is 0.964 bits per heavy atom. The first-order valence-corrected chi connectivity index (χ1v) is 11.5. The van der Waals surface area contributed by atoms with E-state index in [0.717, 1.165) is 25.7 Å². The van der Waals surface area contributed by atoms with Crippen LogP contribution < -0.4 is 5.32 Å². The predicted molar refractivity (Wildman–Crippen MR) is 106 cm³/mol. The number of benzene rings is 1.